The monoisotopic (exact) mass is 612 g/mol. The molecule has 0 radical (unpaired) electrons. The van der Waals surface area contributed by atoms with Gasteiger partial charge in [0, 0.05) is 23.6 Å². The van der Waals surface area contributed by atoms with Crippen LogP contribution in [0.25, 0.3) is 11.1 Å². The van der Waals surface area contributed by atoms with Gasteiger partial charge < -0.3 is 4.74 Å². The third-order valence-corrected chi connectivity index (χ3v) is 6.80. The van der Waals surface area contributed by atoms with Crippen molar-refractivity contribution in [2.45, 2.75) is 38.5 Å². The van der Waals surface area contributed by atoms with E-state index < -0.39 is 86.1 Å². The molecule has 0 saturated heterocycles. The molecule has 0 aromatic heterocycles. The molecule has 0 fully saturated rings. The topological polar surface area (TPSA) is 9.23 Å². The van der Waals surface area contributed by atoms with Crippen molar-refractivity contribution in [3.8, 4) is 16.9 Å². The third kappa shape index (κ3) is 5.93. The molecular weight excluding hydrogens is 597 g/mol. The smallest absolute Gasteiger partial charge is 0.429 e. The maximum absolute atomic E-state index is 15.1. The van der Waals surface area contributed by atoms with Gasteiger partial charge in [0.1, 0.15) is 51.8 Å². The van der Waals surface area contributed by atoms with E-state index in [9.17, 15) is 43.9 Å². The number of halogens is 12. The Balaban J connectivity index is 1.69. The van der Waals surface area contributed by atoms with Crippen molar-refractivity contribution < 1.29 is 53.0 Å². The Morgan fingerprint density at radius 1 is 0.732 bits per heavy atom. The van der Waals surface area contributed by atoms with Crippen molar-refractivity contribution in [1.82, 2.24) is 0 Å². The fraction of sp³-hybridized carbons (Fsp3) is 0.214. The molecule has 0 aliphatic heterocycles. The van der Waals surface area contributed by atoms with Crippen LogP contribution in [-0.4, -0.2) is 0 Å². The van der Waals surface area contributed by atoms with Crippen LogP contribution in [0.15, 0.2) is 59.4 Å². The first-order chi connectivity index (χ1) is 18.9. The highest BCUT2D eigenvalue weighted by molar-refractivity contribution is 6.33. The van der Waals surface area contributed by atoms with E-state index in [1.807, 2.05) is 0 Å². The summed E-state index contributed by atoms with van der Waals surface area (Å²) in [5, 5.41) is -0.415. The zero-order chi connectivity index (χ0) is 30.6. The molecule has 0 unspecified atom stereocenters. The van der Waals surface area contributed by atoms with Crippen LogP contribution in [0.4, 0.5) is 48.3 Å². The lowest BCUT2D eigenvalue weighted by atomic mass is 9.84. The van der Waals surface area contributed by atoms with Gasteiger partial charge in [-0.05, 0) is 67.3 Å². The van der Waals surface area contributed by atoms with Crippen LogP contribution < -0.4 is 4.74 Å². The van der Waals surface area contributed by atoms with E-state index in [1.54, 1.807) is 13.8 Å². The van der Waals surface area contributed by atoms with Crippen LogP contribution in [0.1, 0.15) is 42.9 Å². The van der Waals surface area contributed by atoms with Gasteiger partial charge in [0.15, 0.2) is 0 Å². The maximum Gasteiger partial charge on any atom is 0.432 e. The summed E-state index contributed by atoms with van der Waals surface area (Å²) in [7, 11) is 0. The van der Waals surface area contributed by atoms with Crippen molar-refractivity contribution in [3.05, 3.63) is 110 Å². The second-order valence-corrected chi connectivity index (χ2v) is 9.71. The van der Waals surface area contributed by atoms with Crippen molar-refractivity contribution in [3.63, 3.8) is 0 Å². The van der Waals surface area contributed by atoms with Crippen LogP contribution in [0.3, 0.4) is 0 Å². The molecule has 1 atom stereocenters. The Bertz CT molecular complexity index is 1540. The SMILES string of the molecule is CC1=C(C)C[C@H](c2cc(F)c(-c3cc(F)c(C(F)(F)Oc4cc(F)c(C(F)(F)F)c(F)c4)c(F)c3)c(Cl)c2)C(F)=C1. The second kappa shape index (κ2) is 10.7. The average Bonchev–Trinajstić information content (AvgIpc) is 2.78. The van der Waals surface area contributed by atoms with Crippen LogP contribution in [0, 0.1) is 29.1 Å². The van der Waals surface area contributed by atoms with Gasteiger partial charge in [0.05, 0.1) is 5.02 Å². The minimum atomic E-state index is -5.51. The van der Waals surface area contributed by atoms with Gasteiger partial charge in [-0.25, -0.2) is 26.3 Å². The number of alkyl halides is 5. The first-order valence-electron chi connectivity index (χ1n) is 11.6. The molecule has 3 aromatic rings. The van der Waals surface area contributed by atoms with Crippen molar-refractivity contribution in [2.75, 3.05) is 0 Å². The molecule has 4 rings (SSSR count). The van der Waals surface area contributed by atoms with Gasteiger partial charge in [0.2, 0.25) is 0 Å². The standard InChI is InChI=1S/C28H16ClF11O/c1-11-3-16(18(30)4-12(11)2)13-5-17(29)24(19(31)6-13)14-7-20(32)26(21(33)8-14)28(39,40)41-15-9-22(34)25(23(35)10-15)27(36,37)38/h4-10,16H,3H2,1-2H3/t16-/m1/s1. The van der Waals surface area contributed by atoms with Gasteiger partial charge in [0.25, 0.3) is 0 Å². The Hall–Kier alpha value is -3.54. The van der Waals surface area contributed by atoms with Crippen LogP contribution >= 0.6 is 11.6 Å². The Morgan fingerprint density at radius 2 is 1.27 bits per heavy atom. The summed E-state index contributed by atoms with van der Waals surface area (Å²) >= 11 is 6.15. The predicted octanol–water partition coefficient (Wildman–Crippen LogP) is 10.5. The summed E-state index contributed by atoms with van der Waals surface area (Å²) in [6, 6.07) is 2.16. The molecule has 0 saturated carbocycles. The van der Waals surface area contributed by atoms with E-state index in [0.717, 1.165) is 11.6 Å². The van der Waals surface area contributed by atoms with E-state index in [0.29, 0.717) is 5.57 Å². The lowest BCUT2D eigenvalue weighted by molar-refractivity contribution is -0.189. The minimum Gasteiger partial charge on any atom is -0.429 e. The van der Waals surface area contributed by atoms with Crippen molar-refractivity contribution in [2.24, 2.45) is 0 Å². The number of hydrogen-bond donors (Lipinski definition) is 0. The summed E-state index contributed by atoms with van der Waals surface area (Å²) < 4.78 is 158. The molecule has 0 amide bonds. The molecule has 3 aromatic carbocycles. The Morgan fingerprint density at radius 3 is 1.78 bits per heavy atom. The molecule has 0 N–H and O–H groups in total. The third-order valence-electron chi connectivity index (χ3n) is 6.50. The zero-order valence-corrected chi connectivity index (χ0v) is 21.5. The number of hydrogen-bond acceptors (Lipinski definition) is 1. The molecule has 41 heavy (non-hydrogen) atoms. The number of allylic oxidation sites excluding steroid dienone is 4. The van der Waals surface area contributed by atoms with E-state index in [-0.39, 0.29) is 36.2 Å². The maximum atomic E-state index is 15.1. The highest BCUT2D eigenvalue weighted by atomic mass is 35.5. The fourth-order valence-electron chi connectivity index (χ4n) is 4.42. The first-order valence-corrected chi connectivity index (χ1v) is 11.9. The van der Waals surface area contributed by atoms with Crippen LogP contribution in [0.2, 0.25) is 5.02 Å². The highest BCUT2D eigenvalue weighted by Crippen LogP contribution is 2.43. The molecule has 0 heterocycles. The predicted molar refractivity (Wildman–Crippen MR) is 128 cm³/mol. The van der Waals surface area contributed by atoms with Crippen molar-refractivity contribution in [1.29, 1.82) is 0 Å². The molecular formula is C28H16ClF11O. The fourth-order valence-corrected chi connectivity index (χ4v) is 4.74. The highest BCUT2D eigenvalue weighted by Gasteiger charge is 2.43. The summed E-state index contributed by atoms with van der Waals surface area (Å²) in [6.45, 7) is 3.46. The normalized spacial score (nSPS) is 16.2. The van der Waals surface area contributed by atoms with Gasteiger partial charge in [-0.1, -0.05) is 17.2 Å². The second-order valence-electron chi connectivity index (χ2n) is 9.30. The number of ether oxygens (including phenoxy) is 1. The van der Waals surface area contributed by atoms with E-state index >= 15 is 4.39 Å². The summed E-state index contributed by atoms with van der Waals surface area (Å²) in [5.41, 5.74) is -4.05. The lowest BCUT2D eigenvalue weighted by Gasteiger charge is -2.23. The van der Waals surface area contributed by atoms with E-state index in [1.165, 1.54) is 12.1 Å². The number of rotatable bonds is 5. The average molecular weight is 613 g/mol. The molecule has 1 aliphatic rings. The van der Waals surface area contributed by atoms with Gasteiger partial charge >= 0.3 is 12.3 Å². The molecule has 1 nitrogen and oxygen atoms in total. The van der Waals surface area contributed by atoms with Gasteiger partial charge in [-0.3, -0.25) is 0 Å². The molecule has 13 heteroatoms. The Kier molecular flexibility index (Phi) is 7.94. The zero-order valence-electron chi connectivity index (χ0n) is 20.8. The molecule has 0 spiro atoms. The first kappa shape index (κ1) is 30.4. The van der Waals surface area contributed by atoms with E-state index in [2.05, 4.69) is 4.74 Å². The molecule has 218 valence electrons. The van der Waals surface area contributed by atoms with Crippen LogP contribution in [-0.2, 0) is 12.3 Å². The minimum absolute atomic E-state index is 0.116. The van der Waals surface area contributed by atoms with Crippen molar-refractivity contribution >= 4 is 11.6 Å². The summed E-state index contributed by atoms with van der Waals surface area (Å²) in [4.78, 5) is 0. The Labute approximate surface area is 230 Å². The molecule has 0 bridgehead atoms. The van der Waals surface area contributed by atoms with Gasteiger partial charge in [-0.2, -0.15) is 22.0 Å². The largest absolute Gasteiger partial charge is 0.432 e. The van der Waals surface area contributed by atoms with Gasteiger partial charge in [-0.15, -0.1) is 0 Å². The van der Waals surface area contributed by atoms with Crippen LogP contribution in [0.5, 0.6) is 5.75 Å². The molecule has 1 aliphatic carbocycles. The number of benzene rings is 3. The quantitative estimate of drug-likeness (QED) is 0.261. The summed E-state index contributed by atoms with van der Waals surface area (Å²) in [5.74, 6) is -12.7. The lowest BCUT2D eigenvalue weighted by Crippen LogP contribution is -2.25. The summed E-state index contributed by atoms with van der Waals surface area (Å²) in [6.07, 6.45) is -9.01. The van der Waals surface area contributed by atoms with E-state index in [4.69, 9.17) is 11.6 Å².